The molecule has 2 aliphatic rings. The fraction of sp³-hybridized carbons (Fsp3) is 0.619. The van der Waals surface area contributed by atoms with Crippen LogP contribution in [0.15, 0.2) is 18.5 Å². The first-order valence-corrected chi connectivity index (χ1v) is 11.1. The van der Waals surface area contributed by atoms with Gasteiger partial charge in [0, 0.05) is 38.8 Å². The van der Waals surface area contributed by atoms with E-state index in [1.54, 1.807) is 19.2 Å². The second kappa shape index (κ2) is 9.50. The van der Waals surface area contributed by atoms with Gasteiger partial charge in [0.15, 0.2) is 0 Å². The Morgan fingerprint density at radius 3 is 2.55 bits per heavy atom. The predicted octanol–water partition coefficient (Wildman–Crippen LogP) is 2.29. The minimum atomic E-state index is -0.0610. The number of rotatable bonds is 5. The standard InChI is InChI=1S/C21H29ClN6O3/c1-14-10-26(11-15(2)31-14)12-16-4-6-27(7-5-16)21(29)17-8-18(22)19(9-20(17)30-3)28-13-23-24-25-28/h8-9,13-16H,4-7,10-12H2,1-3H3. The summed E-state index contributed by atoms with van der Waals surface area (Å²) in [5, 5.41) is 11.5. The van der Waals surface area contributed by atoms with Gasteiger partial charge < -0.3 is 14.4 Å². The topological polar surface area (TPSA) is 85.6 Å². The first-order chi connectivity index (χ1) is 14.9. The zero-order chi connectivity index (χ0) is 22.0. The van der Waals surface area contributed by atoms with Gasteiger partial charge in [-0.25, -0.2) is 0 Å². The number of nitrogens with zero attached hydrogens (tertiary/aromatic N) is 6. The number of ether oxygens (including phenoxy) is 2. The van der Waals surface area contributed by atoms with Crippen LogP contribution in [0.5, 0.6) is 5.75 Å². The minimum Gasteiger partial charge on any atom is -0.496 e. The average molecular weight is 449 g/mol. The van der Waals surface area contributed by atoms with E-state index in [-0.39, 0.29) is 18.1 Å². The molecular weight excluding hydrogens is 420 g/mol. The molecular formula is C21H29ClN6O3. The largest absolute Gasteiger partial charge is 0.496 e. The molecule has 1 amide bonds. The van der Waals surface area contributed by atoms with Crippen molar-refractivity contribution in [3.63, 3.8) is 0 Å². The summed E-state index contributed by atoms with van der Waals surface area (Å²) in [6.07, 6.45) is 3.98. The summed E-state index contributed by atoms with van der Waals surface area (Å²) in [5.41, 5.74) is 1.02. The van der Waals surface area contributed by atoms with Gasteiger partial charge in [0.05, 0.1) is 35.6 Å². The number of halogens is 1. The van der Waals surface area contributed by atoms with Gasteiger partial charge >= 0.3 is 0 Å². The van der Waals surface area contributed by atoms with Gasteiger partial charge in [-0.1, -0.05) is 11.6 Å². The van der Waals surface area contributed by atoms with Crippen LogP contribution < -0.4 is 4.74 Å². The van der Waals surface area contributed by atoms with Crippen molar-refractivity contribution >= 4 is 17.5 Å². The maximum atomic E-state index is 13.2. The number of tetrazole rings is 1. The van der Waals surface area contributed by atoms with Crippen LogP contribution in [-0.4, -0.2) is 88.0 Å². The number of carbonyl (C=O) groups excluding carboxylic acids is 1. The molecule has 3 heterocycles. The summed E-state index contributed by atoms with van der Waals surface area (Å²) in [7, 11) is 1.54. The Morgan fingerprint density at radius 2 is 1.94 bits per heavy atom. The number of piperidine rings is 1. The third kappa shape index (κ3) is 4.99. The molecule has 2 aromatic rings. The van der Waals surface area contributed by atoms with Crippen LogP contribution in [-0.2, 0) is 4.74 Å². The molecule has 2 unspecified atom stereocenters. The molecule has 0 N–H and O–H groups in total. The molecule has 2 aliphatic heterocycles. The fourth-order valence-corrected chi connectivity index (χ4v) is 4.86. The molecule has 0 saturated carbocycles. The summed E-state index contributed by atoms with van der Waals surface area (Å²) in [6, 6.07) is 3.34. The number of methoxy groups -OCH3 is 1. The van der Waals surface area contributed by atoms with E-state index in [1.807, 2.05) is 4.90 Å². The molecule has 2 fully saturated rings. The Morgan fingerprint density at radius 1 is 1.23 bits per heavy atom. The van der Waals surface area contributed by atoms with Crippen molar-refractivity contribution in [2.24, 2.45) is 5.92 Å². The van der Waals surface area contributed by atoms with E-state index in [0.29, 0.717) is 27.9 Å². The summed E-state index contributed by atoms with van der Waals surface area (Å²) in [6.45, 7) is 8.75. The monoisotopic (exact) mass is 448 g/mol. The Labute approximate surface area is 187 Å². The maximum Gasteiger partial charge on any atom is 0.257 e. The Bertz CT molecular complexity index is 891. The zero-order valence-electron chi connectivity index (χ0n) is 18.2. The second-order valence-corrected chi connectivity index (χ2v) is 8.88. The first kappa shape index (κ1) is 22.0. The van der Waals surface area contributed by atoms with Crippen molar-refractivity contribution in [1.29, 1.82) is 0 Å². The van der Waals surface area contributed by atoms with Crippen molar-refractivity contribution in [2.75, 3.05) is 39.8 Å². The van der Waals surface area contributed by atoms with E-state index in [9.17, 15) is 4.79 Å². The molecule has 168 valence electrons. The number of likely N-dealkylation sites (tertiary alicyclic amines) is 1. The van der Waals surface area contributed by atoms with Gasteiger partial charge in [0.1, 0.15) is 12.1 Å². The number of hydrogen-bond donors (Lipinski definition) is 0. The average Bonchev–Trinajstić information content (AvgIpc) is 3.27. The van der Waals surface area contributed by atoms with Crippen LogP contribution in [0.4, 0.5) is 0 Å². The molecule has 0 bridgehead atoms. The van der Waals surface area contributed by atoms with Gasteiger partial charge in [-0.3, -0.25) is 9.69 Å². The second-order valence-electron chi connectivity index (χ2n) is 8.47. The van der Waals surface area contributed by atoms with Gasteiger partial charge in [-0.15, -0.1) is 5.10 Å². The Balaban J connectivity index is 1.40. The number of hydrogen-bond acceptors (Lipinski definition) is 7. The van der Waals surface area contributed by atoms with E-state index in [4.69, 9.17) is 21.1 Å². The minimum absolute atomic E-state index is 0.0610. The summed E-state index contributed by atoms with van der Waals surface area (Å²) in [4.78, 5) is 17.6. The number of aromatic nitrogens is 4. The molecule has 0 radical (unpaired) electrons. The number of amides is 1. The molecule has 31 heavy (non-hydrogen) atoms. The van der Waals surface area contributed by atoms with Crippen molar-refractivity contribution < 1.29 is 14.3 Å². The lowest BCUT2D eigenvalue weighted by Gasteiger charge is -2.39. The number of benzene rings is 1. The lowest BCUT2D eigenvalue weighted by atomic mass is 9.95. The van der Waals surface area contributed by atoms with Crippen LogP contribution in [0, 0.1) is 5.92 Å². The van der Waals surface area contributed by atoms with Gasteiger partial charge in [-0.05, 0) is 49.1 Å². The van der Waals surface area contributed by atoms with Crippen molar-refractivity contribution in [1.82, 2.24) is 30.0 Å². The smallest absolute Gasteiger partial charge is 0.257 e. The van der Waals surface area contributed by atoms with Gasteiger partial charge in [0.2, 0.25) is 0 Å². The van der Waals surface area contributed by atoms with E-state index < -0.39 is 0 Å². The lowest BCUT2D eigenvalue weighted by molar-refractivity contribution is -0.0728. The number of carbonyl (C=O) groups is 1. The van der Waals surface area contributed by atoms with Crippen molar-refractivity contribution in [3.8, 4) is 11.4 Å². The highest BCUT2D eigenvalue weighted by atomic mass is 35.5. The van der Waals surface area contributed by atoms with Crippen LogP contribution in [0.1, 0.15) is 37.0 Å². The third-order valence-electron chi connectivity index (χ3n) is 6.01. The first-order valence-electron chi connectivity index (χ1n) is 10.7. The van der Waals surface area contributed by atoms with Crippen LogP contribution in [0.25, 0.3) is 5.69 Å². The van der Waals surface area contributed by atoms with Crippen LogP contribution in [0.2, 0.25) is 5.02 Å². The Kier molecular flexibility index (Phi) is 6.74. The van der Waals surface area contributed by atoms with Crippen LogP contribution >= 0.6 is 11.6 Å². The lowest BCUT2D eigenvalue weighted by Crippen LogP contribution is -2.48. The van der Waals surface area contributed by atoms with E-state index >= 15 is 0 Å². The number of morpholine rings is 1. The quantitative estimate of drug-likeness (QED) is 0.693. The summed E-state index contributed by atoms with van der Waals surface area (Å²) in [5.74, 6) is 0.988. The van der Waals surface area contributed by atoms with Crippen LogP contribution in [0.3, 0.4) is 0 Å². The molecule has 1 aromatic heterocycles. The highest BCUT2D eigenvalue weighted by Gasteiger charge is 2.29. The van der Waals surface area contributed by atoms with Crippen molar-refractivity contribution in [3.05, 3.63) is 29.0 Å². The molecule has 4 rings (SSSR count). The van der Waals surface area contributed by atoms with Gasteiger partial charge in [0.25, 0.3) is 5.91 Å². The molecule has 1 aromatic carbocycles. The van der Waals surface area contributed by atoms with E-state index in [1.165, 1.54) is 11.0 Å². The molecule has 10 heteroatoms. The molecule has 0 aliphatic carbocycles. The normalized spacial score (nSPS) is 23.2. The highest BCUT2D eigenvalue weighted by molar-refractivity contribution is 6.33. The molecule has 2 saturated heterocycles. The molecule has 2 atom stereocenters. The zero-order valence-corrected chi connectivity index (χ0v) is 19.0. The molecule has 0 spiro atoms. The fourth-order valence-electron chi connectivity index (χ4n) is 4.61. The van der Waals surface area contributed by atoms with Crippen molar-refractivity contribution in [2.45, 2.75) is 38.9 Å². The van der Waals surface area contributed by atoms with E-state index in [2.05, 4.69) is 34.3 Å². The van der Waals surface area contributed by atoms with Gasteiger partial charge in [-0.2, -0.15) is 4.68 Å². The predicted molar refractivity (Wildman–Crippen MR) is 116 cm³/mol. The Hall–Kier alpha value is -2.23. The summed E-state index contributed by atoms with van der Waals surface area (Å²) >= 11 is 6.43. The maximum absolute atomic E-state index is 13.2. The summed E-state index contributed by atoms with van der Waals surface area (Å²) < 4.78 is 12.8. The third-order valence-corrected chi connectivity index (χ3v) is 6.31. The SMILES string of the molecule is COc1cc(-n2cnnn2)c(Cl)cc1C(=O)N1CCC(CN2CC(C)OC(C)C2)CC1. The van der Waals surface area contributed by atoms with E-state index in [0.717, 1.165) is 45.6 Å². The highest BCUT2D eigenvalue weighted by Crippen LogP contribution is 2.31. The molecule has 9 nitrogen and oxygen atoms in total.